The number of fused-ring (bicyclic) bond motifs is 1. The van der Waals surface area contributed by atoms with E-state index in [2.05, 4.69) is 15.3 Å². The van der Waals surface area contributed by atoms with Crippen LogP contribution < -0.4 is 15.8 Å². The monoisotopic (exact) mass is 396 g/mol. The molecular formula is C21H21ClN4O2. The van der Waals surface area contributed by atoms with Gasteiger partial charge in [0.05, 0.1) is 17.0 Å². The van der Waals surface area contributed by atoms with Gasteiger partial charge >= 0.3 is 0 Å². The second kappa shape index (κ2) is 7.64. The molecule has 1 aliphatic rings. The fourth-order valence-electron chi connectivity index (χ4n) is 3.53. The van der Waals surface area contributed by atoms with Crippen LogP contribution in [0, 0.1) is 12.8 Å². The van der Waals surface area contributed by atoms with Gasteiger partial charge in [0.2, 0.25) is 5.91 Å². The Labute approximate surface area is 167 Å². The number of H-pyrrole nitrogens is 1. The summed E-state index contributed by atoms with van der Waals surface area (Å²) in [6.45, 7) is 3.08. The highest BCUT2D eigenvalue weighted by Crippen LogP contribution is 2.24. The molecule has 1 atom stereocenters. The largest absolute Gasteiger partial charge is 0.351 e. The van der Waals surface area contributed by atoms with Crippen LogP contribution >= 0.6 is 11.6 Å². The van der Waals surface area contributed by atoms with E-state index in [4.69, 9.17) is 11.6 Å². The standard InChI is InChI=1S/C21H21ClN4O2/c1-13-8-9-15(11-16(13)22)23-20(27)14-5-4-10-26(12-14)19-21(28)25-18-7-3-2-6-17(18)24-19/h2-3,6-9,11,14H,4-5,10,12H2,1H3,(H,23,27)(H,25,28). The number of halogens is 1. The van der Waals surface area contributed by atoms with Crippen LogP contribution in [0.3, 0.4) is 0 Å². The molecule has 2 heterocycles. The van der Waals surface area contributed by atoms with Crippen molar-refractivity contribution >= 4 is 40.0 Å². The molecule has 28 heavy (non-hydrogen) atoms. The summed E-state index contributed by atoms with van der Waals surface area (Å²) in [5, 5.41) is 3.56. The number of anilines is 2. The Bertz CT molecular complexity index is 1100. The lowest BCUT2D eigenvalue weighted by Crippen LogP contribution is -2.43. The number of aromatic nitrogens is 2. The van der Waals surface area contributed by atoms with Gasteiger partial charge in [-0.3, -0.25) is 9.59 Å². The fourth-order valence-corrected chi connectivity index (χ4v) is 3.71. The molecule has 1 aliphatic heterocycles. The summed E-state index contributed by atoms with van der Waals surface area (Å²) in [6, 6.07) is 12.9. The van der Waals surface area contributed by atoms with Crippen molar-refractivity contribution in [1.82, 2.24) is 9.97 Å². The number of benzene rings is 2. The molecule has 4 rings (SSSR count). The number of piperidine rings is 1. The van der Waals surface area contributed by atoms with Gasteiger partial charge in [0.25, 0.3) is 5.56 Å². The second-order valence-electron chi connectivity index (χ2n) is 7.15. The van der Waals surface area contributed by atoms with Crippen LogP contribution in [0.15, 0.2) is 47.3 Å². The topological polar surface area (TPSA) is 78.1 Å². The third kappa shape index (κ3) is 3.73. The predicted octanol–water partition coefficient (Wildman–Crippen LogP) is 3.74. The molecule has 1 saturated heterocycles. The minimum Gasteiger partial charge on any atom is -0.351 e. The van der Waals surface area contributed by atoms with Crippen LogP contribution in [0.4, 0.5) is 11.5 Å². The van der Waals surface area contributed by atoms with Crippen molar-refractivity contribution in [2.75, 3.05) is 23.3 Å². The molecule has 7 heteroatoms. The molecule has 3 aromatic rings. The Morgan fingerprint density at radius 1 is 1.29 bits per heavy atom. The highest BCUT2D eigenvalue weighted by atomic mass is 35.5. The average molecular weight is 397 g/mol. The zero-order valence-corrected chi connectivity index (χ0v) is 16.3. The first-order chi connectivity index (χ1) is 13.5. The number of aryl methyl sites for hydroxylation is 1. The zero-order chi connectivity index (χ0) is 19.7. The highest BCUT2D eigenvalue weighted by Gasteiger charge is 2.28. The number of hydrogen-bond donors (Lipinski definition) is 2. The molecule has 144 valence electrons. The molecular weight excluding hydrogens is 376 g/mol. The van der Waals surface area contributed by atoms with Gasteiger partial charge in [0, 0.05) is 23.8 Å². The van der Waals surface area contributed by atoms with Gasteiger partial charge in [0.15, 0.2) is 5.82 Å². The van der Waals surface area contributed by atoms with Gasteiger partial charge in [-0.2, -0.15) is 0 Å². The van der Waals surface area contributed by atoms with Gasteiger partial charge in [-0.1, -0.05) is 29.8 Å². The van der Waals surface area contributed by atoms with Crippen LogP contribution in [-0.2, 0) is 4.79 Å². The maximum absolute atomic E-state index is 12.8. The van der Waals surface area contributed by atoms with E-state index in [1.54, 1.807) is 6.07 Å². The predicted molar refractivity (Wildman–Crippen MR) is 112 cm³/mol. The quantitative estimate of drug-likeness (QED) is 0.706. The number of hydrogen-bond acceptors (Lipinski definition) is 4. The van der Waals surface area contributed by atoms with Crippen molar-refractivity contribution in [2.45, 2.75) is 19.8 Å². The van der Waals surface area contributed by atoms with Gasteiger partial charge < -0.3 is 15.2 Å². The summed E-state index contributed by atoms with van der Waals surface area (Å²) in [4.78, 5) is 34.6. The van der Waals surface area contributed by atoms with E-state index >= 15 is 0 Å². The van der Waals surface area contributed by atoms with Crippen molar-refractivity contribution in [1.29, 1.82) is 0 Å². The van der Waals surface area contributed by atoms with Gasteiger partial charge in [0.1, 0.15) is 0 Å². The van der Waals surface area contributed by atoms with Crippen LogP contribution in [0.5, 0.6) is 0 Å². The molecule has 6 nitrogen and oxygen atoms in total. The summed E-state index contributed by atoms with van der Waals surface area (Å²) in [7, 11) is 0. The number of amides is 1. The summed E-state index contributed by atoms with van der Waals surface area (Å²) in [5.41, 5.74) is 2.85. The molecule has 0 saturated carbocycles. The smallest absolute Gasteiger partial charge is 0.291 e. The Hall–Kier alpha value is -2.86. The summed E-state index contributed by atoms with van der Waals surface area (Å²) in [5.74, 6) is 0.0814. The SMILES string of the molecule is Cc1ccc(NC(=O)C2CCCN(c3nc4ccccc4[nH]c3=O)C2)cc1Cl. The minimum absolute atomic E-state index is 0.0677. The molecule has 2 aromatic carbocycles. The number of aromatic amines is 1. The lowest BCUT2D eigenvalue weighted by molar-refractivity contribution is -0.120. The zero-order valence-electron chi connectivity index (χ0n) is 15.5. The number of para-hydroxylation sites is 2. The molecule has 2 N–H and O–H groups in total. The van der Waals surface area contributed by atoms with Crippen molar-refractivity contribution in [3.05, 3.63) is 63.4 Å². The van der Waals surface area contributed by atoms with Gasteiger partial charge in [-0.25, -0.2) is 4.98 Å². The van der Waals surface area contributed by atoms with Crippen molar-refractivity contribution in [2.24, 2.45) is 5.92 Å². The summed E-state index contributed by atoms with van der Waals surface area (Å²) >= 11 is 6.15. The van der Waals surface area contributed by atoms with Crippen molar-refractivity contribution < 1.29 is 4.79 Å². The Kier molecular flexibility index (Phi) is 5.05. The minimum atomic E-state index is -0.231. The molecule has 0 bridgehead atoms. The van der Waals surface area contributed by atoms with Crippen LogP contribution in [0.25, 0.3) is 11.0 Å². The van der Waals surface area contributed by atoms with Crippen LogP contribution in [-0.4, -0.2) is 29.0 Å². The number of nitrogens with one attached hydrogen (secondary N) is 2. The second-order valence-corrected chi connectivity index (χ2v) is 7.55. The van der Waals surface area contributed by atoms with E-state index in [-0.39, 0.29) is 17.4 Å². The van der Waals surface area contributed by atoms with E-state index in [0.717, 1.165) is 23.9 Å². The third-order valence-electron chi connectivity index (χ3n) is 5.11. The first-order valence-electron chi connectivity index (χ1n) is 9.32. The molecule has 1 aromatic heterocycles. The summed E-state index contributed by atoms with van der Waals surface area (Å²) < 4.78 is 0. The molecule has 1 amide bonds. The van der Waals surface area contributed by atoms with Crippen LogP contribution in [0.1, 0.15) is 18.4 Å². The van der Waals surface area contributed by atoms with Crippen molar-refractivity contribution in [3.63, 3.8) is 0 Å². The first kappa shape index (κ1) is 18.5. The number of carbonyl (C=O) groups is 1. The van der Waals surface area contributed by atoms with Crippen LogP contribution in [0.2, 0.25) is 5.02 Å². The maximum atomic E-state index is 12.8. The lowest BCUT2D eigenvalue weighted by atomic mass is 9.97. The average Bonchev–Trinajstić information content (AvgIpc) is 2.70. The first-order valence-corrected chi connectivity index (χ1v) is 9.70. The number of rotatable bonds is 3. The Balaban J connectivity index is 1.52. The molecule has 0 radical (unpaired) electrons. The van der Waals surface area contributed by atoms with Crippen molar-refractivity contribution in [3.8, 4) is 0 Å². The Morgan fingerprint density at radius 2 is 2.11 bits per heavy atom. The molecule has 1 fully saturated rings. The van der Waals surface area contributed by atoms with E-state index < -0.39 is 0 Å². The summed E-state index contributed by atoms with van der Waals surface area (Å²) in [6.07, 6.45) is 1.59. The van der Waals surface area contributed by atoms with Gasteiger partial charge in [-0.05, 0) is 49.6 Å². The molecule has 0 aliphatic carbocycles. The van der Waals surface area contributed by atoms with E-state index in [0.29, 0.717) is 35.1 Å². The molecule has 0 spiro atoms. The van der Waals surface area contributed by atoms with E-state index in [9.17, 15) is 9.59 Å². The van der Waals surface area contributed by atoms with Gasteiger partial charge in [-0.15, -0.1) is 0 Å². The normalized spacial score (nSPS) is 16.9. The Morgan fingerprint density at radius 3 is 2.93 bits per heavy atom. The van der Waals surface area contributed by atoms with E-state index in [1.807, 2.05) is 48.2 Å². The lowest BCUT2D eigenvalue weighted by Gasteiger charge is -2.32. The highest BCUT2D eigenvalue weighted by molar-refractivity contribution is 6.31. The molecule has 1 unspecified atom stereocenters. The maximum Gasteiger partial charge on any atom is 0.291 e. The fraction of sp³-hybridized carbons (Fsp3) is 0.286. The number of carbonyl (C=O) groups excluding carboxylic acids is 1. The number of nitrogens with zero attached hydrogens (tertiary/aromatic N) is 2. The van der Waals surface area contributed by atoms with E-state index in [1.165, 1.54) is 0 Å². The third-order valence-corrected chi connectivity index (χ3v) is 5.52.